The average molecular weight is 304 g/mol. The smallest absolute Gasteiger partial charge is 0.133 e. The van der Waals surface area contributed by atoms with Gasteiger partial charge in [-0.25, -0.2) is 9.97 Å². The van der Waals surface area contributed by atoms with Gasteiger partial charge in [0.05, 0.1) is 12.7 Å². The van der Waals surface area contributed by atoms with Crippen LogP contribution in [0.5, 0.6) is 0 Å². The molecule has 2 fully saturated rings. The van der Waals surface area contributed by atoms with Crippen LogP contribution in [-0.2, 0) is 4.74 Å². The van der Waals surface area contributed by atoms with Crippen LogP contribution in [0.3, 0.4) is 0 Å². The maximum atomic E-state index is 5.95. The first-order chi connectivity index (χ1) is 10.6. The van der Waals surface area contributed by atoms with Gasteiger partial charge in [-0.1, -0.05) is 13.8 Å². The molecule has 0 amide bonds. The van der Waals surface area contributed by atoms with Gasteiger partial charge in [0.25, 0.3) is 0 Å². The topological polar surface area (TPSA) is 41.5 Å². The van der Waals surface area contributed by atoms with Crippen molar-refractivity contribution in [3.8, 4) is 0 Å². The van der Waals surface area contributed by atoms with Crippen molar-refractivity contribution in [3.05, 3.63) is 18.1 Å². The van der Waals surface area contributed by atoms with Gasteiger partial charge < -0.3 is 14.5 Å². The van der Waals surface area contributed by atoms with Crippen LogP contribution < -0.4 is 4.90 Å². The van der Waals surface area contributed by atoms with Gasteiger partial charge in [-0.15, -0.1) is 0 Å². The van der Waals surface area contributed by atoms with Gasteiger partial charge in [0, 0.05) is 38.3 Å². The Labute approximate surface area is 133 Å². The second-order valence-corrected chi connectivity index (χ2v) is 7.03. The molecule has 2 heterocycles. The zero-order chi connectivity index (χ0) is 15.5. The standard InChI is InChI=1S/C17H28N4O/c1-13(2)17-18-7-6-16(19-17)21-8-9-22-15(12-21)11-20(3)10-14-4-5-14/h6-7,13-15H,4-5,8-12H2,1-3H3/t15-/m1/s1. The Morgan fingerprint density at radius 1 is 1.36 bits per heavy atom. The van der Waals surface area contributed by atoms with E-state index in [0.29, 0.717) is 5.92 Å². The van der Waals surface area contributed by atoms with Gasteiger partial charge >= 0.3 is 0 Å². The molecule has 5 nitrogen and oxygen atoms in total. The third kappa shape index (κ3) is 4.17. The number of hydrogen-bond acceptors (Lipinski definition) is 5. The number of rotatable bonds is 6. The lowest BCUT2D eigenvalue weighted by Gasteiger charge is -2.35. The van der Waals surface area contributed by atoms with Crippen molar-refractivity contribution >= 4 is 5.82 Å². The monoisotopic (exact) mass is 304 g/mol. The Balaban J connectivity index is 1.58. The van der Waals surface area contributed by atoms with E-state index in [-0.39, 0.29) is 6.10 Å². The van der Waals surface area contributed by atoms with Crippen molar-refractivity contribution in [2.75, 3.05) is 44.7 Å². The summed E-state index contributed by atoms with van der Waals surface area (Å²) in [6.07, 6.45) is 4.96. The van der Waals surface area contributed by atoms with Crippen LogP contribution >= 0.6 is 0 Å². The zero-order valence-electron chi connectivity index (χ0n) is 14.0. The number of morpholine rings is 1. The number of hydrogen-bond donors (Lipinski definition) is 0. The molecule has 1 aromatic heterocycles. The lowest BCUT2D eigenvalue weighted by atomic mass is 10.2. The molecule has 1 aromatic rings. The van der Waals surface area contributed by atoms with E-state index in [4.69, 9.17) is 9.72 Å². The first kappa shape index (κ1) is 15.7. The number of ether oxygens (including phenoxy) is 1. The first-order valence-electron chi connectivity index (χ1n) is 8.50. The highest BCUT2D eigenvalue weighted by Crippen LogP contribution is 2.29. The van der Waals surface area contributed by atoms with E-state index in [0.717, 1.165) is 43.8 Å². The van der Waals surface area contributed by atoms with Crippen LogP contribution in [0.1, 0.15) is 38.4 Å². The van der Waals surface area contributed by atoms with Crippen LogP contribution in [0.2, 0.25) is 0 Å². The third-order valence-electron chi connectivity index (χ3n) is 4.42. The van der Waals surface area contributed by atoms with Crippen LogP contribution in [0, 0.1) is 5.92 Å². The fraction of sp³-hybridized carbons (Fsp3) is 0.765. The Bertz CT molecular complexity index is 489. The molecule has 3 rings (SSSR count). The molecular formula is C17H28N4O. The predicted molar refractivity (Wildman–Crippen MR) is 88.3 cm³/mol. The van der Waals surface area contributed by atoms with Gasteiger partial charge in [-0.2, -0.15) is 0 Å². The molecule has 2 aliphatic rings. The number of aromatic nitrogens is 2. The quantitative estimate of drug-likeness (QED) is 0.805. The van der Waals surface area contributed by atoms with Gasteiger partial charge in [-0.3, -0.25) is 0 Å². The molecule has 0 N–H and O–H groups in total. The number of nitrogens with zero attached hydrogens (tertiary/aromatic N) is 4. The Morgan fingerprint density at radius 3 is 2.91 bits per heavy atom. The highest BCUT2D eigenvalue weighted by molar-refractivity contribution is 5.38. The maximum Gasteiger partial charge on any atom is 0.133 e. The van der Waals surface area contributed by atoms with Gasteiger partial charge in [-0.05, 0) is 31.9 Å². The van der Waals surface area contributed by atoms with Crippen molar-refractivity contribution in [1.82, 2.24) is 14.9 Å². The van der Waals surface area contributed by atoms with Crippen LogP contribution in [0.4, 0.5) is 5.82 Å². The summed E-state index contributed by atoms with van der Waals surface area (Å²) in [5, 5.41) is 0. The molecule has 0 radical (unpaired) electrons. The van der Waals surface area contributed by atoms with Crippen molar-refractivity contribution < 1.29 is 4.74 Å². The second-order valence-electron chi connectivity index (χ2n) is 7.03. The zero-order valence-corrected chi connectivity index (χ0v) is 14.0. The first-order valence-corrected chi connectivity index (χ1v) is 8.50. The molecule has 1 saturated heterocycles. The molecule has 0 bridgehead atoms. The van der Waals surface area contributed by atoms with Crippen molar-refractivity contribution in [2.45, 2.75) is 38.7 Å². The SMILES string of the molecule is CC(C)c1nccc(N2CCO[C@H](CN(C)CC3CC3)C2)n1. The number of likely N-dealkylation sites (N-methyl/N-ethyl adjacent to an activating group) is 1. The lowest BCUT2D eigenvalue weighted by molar-refractivity contribution is 0.0197. The van der Waals surface area contributed by atoms with Crippen LogP contribution in [-0.4, -0.2) is 60.8 Å². The Hall–Kier alpha value is -1.20. The fourth-order valence-electron chi connectivity index (χ4n) is 3.02. The Morgan fingerprint density at radius 2 is 2.18 bits per heavy atom. The summed E-state index contributed by atoms with van der Waals surface area (Å²) in [5.74, 6) is 3.25. The Kier molecular flexibility index (Phi) is 4.93. The molecule has 0 aromatic carbocycles. The van der Waals surface area contributed by atoms with E-state index in [2.05, 4.69) is 35.7 Å². The number of anilines is 1. The highest BCUT2D eigenvalue weighted by atomic mass is 16.5. The van der Waals surface area contributed by atoms with Gasteiger partial charge in [0.15, 0.2) is 0 Å². The molecule has 1 atom stereocenters. The van der Waals surface area contributed by atoms with E-state index in [1.54, 1.807) is 0 Å². The lowest BCUT2D eigenvalue weighted by Crippen LogP contribution is -2.47. The predicted octanol–water partition coefficient (Wildman–Crippen LogP) is 2.15. The largest absolute Gasteiger partial charge is 0.373 e. The molecule has 1 aliphatic heterocycles. The van der Waals surface area contributed by atoms with Gasteiger partial charge in [0.2, 0.25) is 0 Å². The highest BCUT2D eigenvalue weighted by Gasteiger charge is 2.26. The molecular weight excluding hydrogens is 276 g/mol. The molecule has 0 spiro atoms. The molecule has 122 valence electrons. The second kappa shape index (κ2) is 6.92. The summed E-state index contributed by atoms with van der Waals surface area (Å²) >= 11 is 0. The van der Waals surface area contributed by atoms with E-state index in [9.17, 15) is 0 Å². The van der Waals surface area contributed by atoms with E-state index in [1.165, 1.54) is 19.4 Å². The van der Waals surface area contributed by atoms with Crippen LogP contribution in [0.15, 0.2) is 12.3 Å². The summed E-state index contributed by atoms with van der Waals surface area (Å²) in [7, 11) is 2.21. The summed E-state index contributed by atoms with van der Waals surface area (Å²) < 4.78 is 5.95. The van der Waals surface area contributed by atoms with Crippen molar-refractivity contribution in [3.63, 3.8) is 0 Å². The van der Waals surface area contributed by atoms with E-state index >= 15 is 0 Å². The fourth-order valence-corrected chi connectivity index (χ4v) is 3.02. The summed E-state index contributed by atoms with van der Waals surface area (Å²) in [4.78, 5) is 13.8. The minimum Gasteiger partial charge on any atom is -0.373 e. The van der Waals surface area contributed by atoms with Crippen molar-refractivity contribution in [1.29, 1.82) is 0 Å². The van der Waals surface area contributed by atoms with Gasteiger partial charge in [0.1, 0.15) is 11.6 Å². The molecule has 5 heteroatoms. The molecule has 0 unspecified atom stereocenters. The molecule has 22 heavy (non-hydrogen) atoms. The molecule has 1 saturated carbocycles. The normalized spacial score (nSPS) is 22.6. The maximum absolute atomic E-state index is 5.95. The van der Waals surface area contributed by atoms with E-state index < -0.39 is 0 Å². The average Bonchev–Trinajstić information content (AvgIpc) is 3.31. The van der Waals surface area contributed by atoms with Crippen LogP contribution in [0.25, 0.3) is 0 Å². The van der Waals surface area contributed by atoms with Crippen molar-refractivity contribution in [2.24, 2.45) is 5.92 Å². The molecule has 1 aliphatic carbocycles. The summed E-state index contributed by atoms with van der Waals surface area (Å²) in [5.41, 5.74) is 0. The summed E-state index contributed by atoms with van der Waals surface area (Å²) in [6, 6.07) is 2.02. The minimum absolute atomic E-state index is 0.273. The third-order valence-corrected chi connectivity index (χ3v) is 4.42. The summed E-state index contributed by atoms with van der Waals surface area (Å²) in [6.45, 7) is 9.10. The minimum atomic E-state index is 0.273. The van der Waals surface area contributed by atoms with E-state index in [1.807, 2.05) is 12.3 Å².